The number of rotatable bonds is 2. The molecule has 2 rings (SSSR count). The molecule has 1 fully saturated rings. The Balaban J connectivity index is 2.40. The number of anilines is 1. The summed E-state index contributed by atoms with van der Waals surface area (Å²) in [5.74, 6) is -0.384. The van der Waals surface area contributed by atoms with Crippen LogP contribution >= 0.6 is 0 Å². The standard InChI is InChI=1S/C9H11N3O2/c1-9(2-3-9)8-11-4-5(7(13)14)6(10)12-8/h4H,2-3H2,1H3,(H,13,14)(H2,10,11,12). The van der Waals surface area contributed by atoms with Gasteiger partial charge in [-0.3, -0.25) is 0 Å². The van der Waals surface area contributed by atoms with Crippen molar-refractivity contribution >= 4 is 11.8 Å². The fraction of sp³-hybridized carbons (Fsp3) is 0.444. The van der Waals surface area contributed by atoms with Gasteiger partial charge in [0, 0.05) is 11.6 Å². The second-order valence-electron chi connectivity index (χ2n) is 3.86. The molecule has 0 spiro atoms. The van der Waals surface area contributed by atoms with Gasteiger partial charge in [0.1, 0.15) is 17.2 Å². The molecule has 5 heteroatoms. The molecule has 14 heavy (non-hydrogen) atoms. The number of nitrogens with two attached hydrogens (primary N) is 1. The quantitative estimate of drug-likeness (QED) is 0.725. The average molecular weight is 193 g/mol. The molecule has 0 radical (unpaired) electrons. The zero-order valence-electron chi connectivity index (χ0n) is 7.82. The summed E-state index contributed by atoms with van der Waals surface area (Å²) in [5.41, 5.74) is 5.50. The van der Waals surface area contributed by atoms with Crippen LogP contribution in [0.4, 0.5) is 5.82 Å². The monoisotopic (exact) mass is 193 g/mol. The van der Waals surface area contributed by atoms with Crippen LogP contribution < -0.4 is 5.73 Å². The van der Waals surface area contributed by atoms with E-state index in [0.29, 0.717) is 5.82 Å². The Labute approximate surface area is 81.0 Å². The number of aromatic carboxylic acids is 1. The minimum Gasteiger partial charge on any atom is -0.477 e. The highest BCUT2D eigenvalue weighted by Crippen LogP contribution is 2.45. The molecular formula is C9H11N3O2. The third kappa shape index (κ3) is 1.30. The molecule has 0 amide bonds. The van der Waals surface area contributed by atoms with Gasteiger partial charge in [-0.25, -0.2) is 14.8 Å². The number of carbonyl (C=O) groups is 1. The molecule has 1 aliphatic rings. The minimum atomic E-state index is -1.09. The lowest BCUT2D eigenvalue weighted by Gasteiger charge is -2.07. The van der Waals surface area contributed by atoms with E-state index in [9.17, 15) is 4.79 Å². The molecule has 0 bridgehead atoms. The van der Waals surface area contributed by atoms with Crippen molar-refractivity contribution in [3.05, 3.63) is 17.6 Å². The van der Waals surface area contributed by atoms with Crippen molar-refractivity contribution in [2.45, 2.75) is 25.2 Å². The number of nitrogens with zero attached hydrogens (tertiary/aromatic N) is 2. The van der Waals surface area contributed by atoms with Crippen molar-refractivity contribution in [1.29, 1.82) is 0 Å². The Bertz CT molecular complexity index is 399. The Morgan fingerprint density at radius 1 is 1.64 bits per heavy atom. The maximum absolute atomic E-state index is 10.6. The third-order valence-corrected chi connectivity index (χ3v) is 2.59. The van der Waals surface area contributed by atoms with Gasteiger partial charge in [0.2, 0.25) is 0 Å². The van der Waals surface area contributed by atoms with E-state index in [2.05, 4.69) is 9.97 Å². The predicted octanol–water partition coefficient (Wildman–Crippen LogP) is 0.809. The molecule has 0 aromatic carbocycles. The van der Waals surface area contributed by atoms with E-state index in [-0.39, 0.29) is 16.8 Å². The van der Waals surface area contributed by atoms with Gasteiger partial charge in [-0.05, 0) is 12.8 Å². The zero-order chi connectivity index (χ0) is 10.3. The maximum Gasteiger partial charge on any atom is 0.341 e. The summed E-state index contributed by atoms with van der Waals surface area (Å²) in [5, 5.41) is 8.71. The summed E-state index contributed by atoms with van der Waals surface area (Å²) in [6, 6.07) is 0. The van der Waals surface area contributed by atoms with Gasteiger partial charge in [0.15, 0.2) is 0 Å². The Hall–Kier alpha value is -1.65. The summed E-state index contributed by atoms with van der Waals surface area (Å²) in [4.78, 5) is 18.7. The van der Waals surface area contributed by atoms with Crippen molar-refractivity contribution in [3.63, 3.8) is 0 Å². The predicted molar refractivity (Wildman–Crippen MR) is 50.0 cm³/mol. The molecule has 3 N–H and O–H groups in total. The number of nitrogen functional groups attached to an aromatic ring is 1. The van der Waals surface area contributed by atoms with Crippen LogP contribution in [0.2, 0.25) is 0 Å². The first-order chi connectivity index (χ1) is 6.53. The first-order valence-electron chi connectivity index (χ1n) is 4.39. The van der Waals surface area contributed by atoms with Crippen molar-refractivity contribution in [2.24, 2.45) is 0 Å². The van der Waals surface area contributed by atoms with E-state index in [1.807, 2.05) is 6.92 Å². The lowest BCUT2D eigenvalue weighted by molar-refractivity contribution is 0.0697. The first kappa shape index (κ1) is 8.93. The van der Waals surface area contributed by atoms with Gasteiger partial charge in [-0.15, -0.1) is 0 Å². The smallest absolute Gasteiger partial charge is 0.341 e. The van der Waals surface area contributed by atoms with Crippen LogP contribution in [-0.4, -0.2) is 21.0 Å². The molecule has 1 saturated carbocycles. The fourth-order valence-corrected chi connectivity index (χ4v) is 1.26. The second-order valence-corrected chi connectivity index (χ2v) is 3.86. The van der Waals surface area contributed by atoms with Gasteiger partial charge in [0.25, 0.3) is 0 Å². The van der Waals surface area contributed by atoms with E-state index in [1.54, 1.807) is 0 Å². The number of aromatic nitrogens is 2. The number of carboxylic acid groups (broad SMARTS) is 1. The fourth-order valence-electron chi connectivity index (χ4n) is 1.26. The summed E-state index contributed by atoms with van der Waals surface area (Å²) < 4.78 is 0. The first-order valence-corrected chi connectivity index (χ1v) is 4.39. The van der Waals surface area contributed by atoms with Crippen molar-refractivity contribution in [3.8, 4) is 0 Å². The summed E-state index contributed by atoms with van der Waals surface area (Å²) >= 11 is 0. The summed E-state index contributed by atoms with van der Waals surface area (Å²) in [6.07, 6.45) is 3.36. The van der Waals surface area contributed by atoms with Gasteiger partial charge < -0.3 is 10.8 Å². The van der Waals surface area contributed by atoms with Crippen LogP contribution in [-0.2, 0) is 5.41 Å². The Morgan fingerprint density at radius 2 is 2.29 bits per heavy atom. The molecule has 0 saturated heterocycles. The number of carboxylic acids is 1. The highest BCUT2D eigenvalue weighted by atomic mass is 16.4. The Kier molecular flexibility index (Phi) is 1.70. The lowest BCUT2D eigenvalue weighted by atomic mass is 10.1. The molecule has 0 atom stereocenters. The van der Waals surface area contributed by atoms with E-state index >= 15 is 0 Å². The molecule has 1 aromatic rings. The van der Waals surface area contributed by atoms with Crippen LogP contribution in [0.5, 0.6) is 0 Å². The molecule has 0 unspecified atom stereocenters. The third-order valence-electron chi connectivity index (χ3n) is 2.59. The largest absolute Gasteiger partial charge is 0.477 e. The van der Waals surface area contributed by atoms with Crippen LogP contribution in [0.1, 0.15) is 35.9 Å². The van der Waals surface area contributed by atoms with Crippen molar-refractivity contribution in [1.82, 2.24) is 9.97 Å². The molecule has 1 aromatic heterocycles. The van der Waals surface area contributed by atoms with Gasteiger partial charge in [-0.1, -0.05) is 6.92 Å². The maximum atomic E-state index is 10.6. The van der Waals surface area contributed by atoms with E-state index in [1.165, 1.54) is 6.20 Å². The van der Waals surface area contributed by atoms with E-state index in [0.717, 1.165) is 12.8 Å². The van der Waals surface area contributed by atoms with Crippen LogP contribution in [0, 0.1) is 0 Å². The van der Waals surface area contributed by atoms with Crippen molar-refractivity contribution in [2.75, 3.05) is 5.73 Å². The lowest BCUT2D eigenvalue weighted by Crippen LogP contribution is -2.12. The van der Waals surface area contributed by atoms with Crippen molar-refractivity contribution < 1.29 is 9.90 Å². The molecule has 74 valence electrons. The van der Waals surface area contributed by atoms with Crippen LogP contribution in [0.3, 0.4) is 0 Å². The molecule has 1 heterocycles. The summed E-state index contributed by atoms with van der Waals surface area (Å²) in [6.45, 7) is 2.04. The second kappa shape index (κ2) is 2.67. The van der Waals surface area contributed by atoms with Crippen LogP contribution in [0.25, 0.3) is 0 Å². The SMILES string of the molecule is CC1(c2ncc(C(=O)O)c(N)n2)CC1. The highest BCUT2D eigenvalue weighted by molar-refractivity contribution is 5.92. The average Bonchev–Trinajstić information content (AvgIpc) is 2.84. The van der Waals surface area contributed by atoms with Gasteiger partial charge in [-0.2, -0.15) is 0 Å². The number of hydrogen-bond acceptors (Lipinski definition) is 4. The van der Waals surface area contributed by atoms with Crippen LogP contribution in [0.15, 0.2) is 6.20 Å². The van der Waals surface area contributed by atoms with E-state index < -0.39 is 5.97 Å². The van der Waals surface area contributed by atoms with Gasteiger partial charge >= 0.3 is 5.97 Å². The Morgan fingerprint density at radius 3 is 2.71 bits per heavy atom. The zero-order valence-corrected chi connectivity index (χ0v) is 7.82. The van der Waals surface area contributed by atoms with Gasteiger partial charge in [0.05, 0.1) is 0 Å². The molecule has 1 aliphatic carbocycles. The molecular weight excluding hydrogens is 182 g/mol. The summed E-state index contributed by atoms with van der Waals surface area (Å²) in [7, 11) is 0. The topological polar surface area (TPSA) is 89.1 Å². The minimum absolute atomic E-state index is 0.0190. The normalized spacial score (nSPS) is 17.8. The molecule has 0 aliphatic heterocycles. The highest BCUT2D eigenvalue weighted by Gasteiger charge is 2.42. The molecule has 5 nitrogen and oxygen atoms in total. The van der Waals surface area contributed by atoms with E-state index in [4.69, 9.17) is 10.8 Å². The number of hydrogen-bond donors (Lipinski definition) is 2.